The third kappa shape index (κ3) is 4.38. The molecule has 0 fully saturated rings. The molecule has 6 nitrogen and oxygen atoms in total. The summed E-state index contributed by atoms with van der Waals surface area (Å²) in [6.45, 7) is 0.338. The first-order valence-electron chi connectivity index (χ1n) is 5.05. The molecule has 0 bridgehead atoms. The van der Waals surface area contributed by atoms with E-state index >= 15 is 0 Å². The lowest BCUT2D eigenvalue weighted by Crippen LogP contribution is -2.38. The lowest BCUT2D eigenvalue weighted by molar-refractivity contribution is 0.173. The Morgan fingerprint density at radius 2 is 2.35 bits per heavy atom. The zero-order valence-electron chi connectivity index (χ0n) is 9.76. The summed E-state index contributed by atoms with van der Waals surface area (Å²) < 4.78 is 33.0. The number of nitrogens with one attached hydrogen (secondary N) is 1. The highest BCUT2D eigenvalue weighted by atomic mass is 79.9. The number of nitrogens with zero attached hydrogens (tertiary/aromatic N) is 2. The van der Waals surface area contributed by atoms with Crippen LogP contribution in [0.3, 0.4) is 0 Å². The fourth-order valence-corrected chi connectivity index (χ4v) is 3.12. The van der Waals surface area contributed by atoms with Gasteiger partial charge in [-0.15, -0.1) is 0 Å². The van der Waals surface area contributed by atoms with Gasteiger partial charge in [0.25, 0.3) is 0 Å². The third-order valence-corrected chi connectivity index (χ3v) is 4.07. The zero-order valence-corrected chi connectivity index (χ0v) is 12.2. The van der Waals surface area contributed by atoms with Crippen molar-refractivity contribution >= 4 is 26.0 Å². The van der Waals surface area contributed by atoms with Crippen LogP contribution in [0.5, 0.6) is 0 Å². The van der Waals surface area contributed by atoms with Crippen LogP contribution in [0.25, 0.3) is 0 Å². The van der Waals surface area contributed by atoms with Crippen LogP contribution in [0.4, 0.5) is 0 Å². The summed E-state index contributed by atoms with van der Waals surface area (Å²) in [4.78, 5) is 0.163. The number of methoxy groups -OCH3 is 1. The largest absolute Gasteiger partial charge is 0.383 e. The quantitative estimate of drug-likeness (QED) is 0.741. The van der Waals surface area contributed by atoms with E-state index in [0.29, 0.717) is 18.4 Å². The molecule has 1 rings (SSSR count). The van der Waals surface area contributed by atoms with Gasteiger partial charge in [-0.3, -0.25) is 4.68 Å². The van der Waals surface area contributed by atoms with Crippen LogP contribution in [-0.2, 0) is 21.8 Å². The first-order chi connectivity index (χ1) is 7.99. The van der Waals surface area contributed by atoms with Crippen LogP contribution < -0.4 is 4.72 Å². The van der Waals surface area contributed by atoms with E-state index in [1.54, 1.807) is 14.2 Å². The van der Waals surface area contributed by atoms with E-state index < -0.39 is 10.0 Å². The minimum atomic E-state index is -3.52. The van der Waals surface area contributed by atoms with Gasteiger partial charge in [0.05, 0.1) is 12.8 Å². The van der Waals surface area contributed by atoms with Gasteiger partial charge in [-0.05, 0) is 6.42 Å². The number of aryl methyl sites for hydroxylation is 1. The average Bonchev–Trinajstić information content (AvgIpc) is 2.66. The number of ether oxygens (including phenoxy) is 1. The van der Waals surface area contributed by atoms with Crippen molar-refractivity contribution in [2.75, 3.05) is 19.0 Å². The number of alkyl halides is 1. The Bertz CT molecular complexity index is 440. The Kier molecular flexibility index (Phi) is 5.57. The fraction of sp³-hybridized carbons (Fsp3) is 0.667. The molecule has 1 heterocycles. The van der Waals surface area contributed by atoms with Gasteiger partial charge < -0.3 is 4.74 Å². The maximum absolute atomic E-state index is 12.0. The highest BCUT2D eigenvalue weighted by molar-refractivity contribution is 9.09. The number of hydrogen-bond acceptors (Lipinski definition) is 4. The van der Waals surface area contributed by atoms with Crippen LogP contribution in [0.15, 0.2) is 17.3 Å². The molecule has 1 atom stereocenters. The molecule has 0 aliphatic heterocycles. The highest BCUT2D eigenvalue weighted by Gasteiger charge is 2.20. The minimum absolute atomic E-state index is 0.163. The lowest BCUT2D eigenvalue weighted by Gasteiger charge is -2.15. The summed E-state index contributed by atoms with van der Waals surface area (Å²) in [5.41, 5.74) is 0. The van der Waals surface area contributed by atoms with Crippen LogP contribution in [0.1, 0.15) is 6.42 Å². The smallest absolute Gasteiger partial charge is 0.244 e. The van der Waals surface area contributed by atoms with Crippen molar-refractivity contribution in [3.63, 3.8) is 0 Å². The van der Waals surface area contributed by atoms with Gasteiger partial charge in [-0.2, -0.15) is 5.10 Å². The van der Waals surface area contributed by atoms with Crippen LogP contribution in [0, 0.1) is 0 Å². The first kappa shape index (κ1) is 14.6. The zero-order chi connectivity index (χ0) is 12.9. The molecule has 1 N–H and O–H groups in total. The molecule has 17 heavy (non-hydrogen) atoms. The number of halogens is 1. The summed E-state index contributed by atoms with van der Waals surface area (Å²) in [7, 11) is -0.305. The van der Waals surface area contributed by atoms with Crippen molar-refractivity contribution in [2.45, 2.75) is 17.4 Å². The molecule has 0 saturated carbocycles. The molecule has 1 unspecified atom stereocenters. The summed E-state index contributed by atoms with van der Waals surface area (Å²) in [5.74, 6) is 0. The number of hydrogen-bond donors (Lipinski definition) is 1. The number of aromatic nitrogens is 2. The molecule has 0 radical (unpaired) electrons. The van der Waals surface area contributed by atoms with Gasteiger partial charge in [-0.1, -0.05) is 15.9 Å². The maximum atomic E-state index is 12.0. The van der Waals surface area contributed by atoms with E-state index in [4.69, 9.17) is 4.74 Å². The molecule has 8 heteroatoms. The second kappa shape index (κ2) is 6.48. The Balaban J connectivity index is 2.77. The van der Waals surface area contributed by atoms with Crippen molar-refractivity contribution in [2.24, 2.45) is 7.05 Å². The molecule has 1 aromatic heterocycles. The van der Waals surface area contributed by atoms with Crippen molar-refractivity contribution in [3.8, 4) is 0 Å². The van der Waals surface area contributed by atoms with E-state index in [2.05, 4.69) is 25.8 Å². The molecule has 0 saturated heterocycles. The SMILES string of the molecule is COCC(CCBr)NS(=O)(=O)c1cnn(C)c1. The van der Waals surface area contributed by atoms with Crippen LogP contribution in [0.2, 0.25) is 0 Å². The van der Waals surface area contributed by atoms with Gasteiger partial charge in [0, 0.05) is 31.7 Å². The first-order valence-corrected chi connectivity index (χ1v) is 7.66. The summed E-state index contributed by atoms with van der Waals surface area (Å²) in [6.07, 6.45) is 3.44. The molecular formula is C9H16BrN3O3S. The second-order valence-electron chi connectivity index (χ2n) is 3.60. The van der Waals surface area contributed by atoms with E-state index in [1.165, 1.54) is 17.1 Å². The van der Waals surface area contributed by atoms with Gasteiger partial charge in [0.15, 0.2) is 0 Å². The lowest BCUT2D eigenvalue weighted by atomic mass is 10.3. The molecule has 0 amide bonds. The van der Waals surface area contributed by atoms with Crippen molar-refractivity contribution < 1.29 is 13.2 Å². The summed E-state index contributed by atoms with van der Waals surface area (Å²) in [5, 5.41) is 4.54. The molecule has 98 valence electrons. The third-order valence-electron chi connectivity index (χ3n) is 2.14. The fourth-order valence-electron chi connectivity index (χ4n) is 1.33. The van der Waals surface area contributed by atoms with Gasteiger partial charge in [-0.25, -0.2) is 13.1 Å². The normalized spacial score (nSPS) is 13.8. The Hall–Kier alpha value is -0.440. The van der Waals surface area contributed by atoms with E-state index in [9.17, 15) is 8.42 Å². The van der Waals surface area contributed by atoms with Crippen LogP contribution >= 0.6 is 15.9 Å². The Labute approximate surface area is 110 Å². The molecule has 0 aliphatic carbocycles. The van der Waals surface area contributed by atoms with Gasteiger partial charge >= 0.3 is 0 Å². The minimum Gasteiger partial charge on any atom is -0.383 e. The predicted molar refractivity (Wildman–Crippen MR) is 67.6 cm³/mol. The Morgan fingerprint density at radius 3 is 2.82 bits per heavy atom. The Morgan fingerprint density at radius 1 is 1.65 bits per heavy atom. The molecule has 0 aromatic carbocycles. The molecule has 0 aliphatic rings. The maximum Gasteiger partial charge on any atom is 0.244 e. The van der Waals surface area contributed by atoms with Crippen molar-refractivity contribution in [3.05, 3.63) is 12.4 Å². The number of rotatable bonds is 7. The number of sulfonamides is 1. The molecular weight excluding hydrogens is 310 g/mol. The highest BCUT2D eigenvalue weighted by Crippen LogP contribution is 2.08. The second-order valence-corrected chi connectivity index (χ2v) is 6.11. The van der Waals surface area contributed by atoms with E-state index in [-0.39, 0.29) is 10.9 Å². The monoisotopic (exact) mass is 325 g/mol. The van der Waals surface area contributed by atoms with Gasteiger partial charge in [0.1, 0.15) is 4.90 Å². The average molecular weight is 326 g/mol. The van der Waals surface area contributed by atoms with E-state index in [1.807, 2.05) is 0 Å². The van der Waals surface area contributed by atoms with Crippen molar-refractivity contribution in [1.29, 1.82) is 0 Å². The van der Waals surface area contributed by atoms with E-state index in [0.717, 1.165) is 0 Å². The summed E-state index contributed by atoms with van der Waals surface area (Å²) >= 11 is 3.28. The summed E-state index contributed by atoms with van der Waals surface area (Å²) in [6, 6.07) is -0.246. The topological polar surface area (TPSA) is 73.2 Å². The predicted octanol–water partition coefficient (Wildman–Crippen LogP) is 0.498. The molecule has 0 spiro atoms. The molecule has 1 aromatic rings. The van der Waals surface area contributed by atoms with Crippen LogP contribution in [-0.4, -0.2) is 43.3 Å². The van der Waals surface area contributed by atoms with Gasteiger partial charge in [0.2, 0.25) is 10.0 Å². The standard InChI is InChI=1S/C9H16BrN3O3S/c1-13-6-9(5-11-13)17(14,15)12-8(3-4-10)7-16-2/h5-6,8,12H,3-4,7H2,1-2H3. The van der Waals surface area contributed by atoms with Crippen molar-refractivity contribution in [1.82, 2.24) is 14.5 Å².